The molecule has 1 aliphatic carbocycles. The minimum absolute atomic E-state index is 0. The minimum Gasteiger partial charge on any atom is -1.00 e. The normalized spacial score (nSPS) is 14.3. The summed E-state index contributed by atoms with van der Waals surface area (Å²) in [5, 5.41) is 1.98. The number of hydrogen-bond acceptors (Lipinski definition) is 0. The van der Waals surface area contributed by atoms with Crippen LogP contribution in [0.4, 0.5) is 8.78 Å². The number of hydrogen-bond donors (Lipinski definition) is 0. The van der Waals surface area contributed by atoms with Crippen LogP contribution in [0.15, 0.2) is 71.3 Å². The summed E-state index contributed by atoms with van der Waals surface area (Å²) in [5.74, 6) is -0.264. The van der Waals surface area contributed by atoms with Gasteiger partial charge in [0.15, 0.2) is 0 Å². The summed E-state index contributed by atoms with van der Waals surface area (Å²) in [4.78, 5) is 0. The van der Waals surface area contributed by atoms with Crippen molar-refractivity contribution < 1.29 is 56.9 Å². The number of halogens is 4. The van der Waals surface area contributed by atoms with E-state index in [9.17, 15) is 8.78 Å². The second-order valence-corrected chi connectivity index (χ2v) is 17.1. The van der Waals surface area contributed by atoms with Crippen LogP contribution in [0.3, 0.4) is 0 Å². The molecule has 0 heterocycles. The second kappa shape index (κ2) is 14.4. The van der Waals surface area contributed by atoms with E-state index < -0.39 is 11.6 Å². The van der Waals surface area contributed by atoms with E-state index in [-0.39, 0.29) is 30.2 Å². The third-order valence-electron chi connectivity index (χ3n) is 5.14. The number of fused-ring (bicyclic) bond motifs is 1. The van der Waals surface area contributed by atoms with Crippen molar-refractivity contribution in [2.75, 3.05) is 0 Å². The zero-order valence-corrected chi connectivity index (χ0v) is 24.3. The SMILES string of the molecule is CC1=[C-]C(C)C(C)=C1C.C[Si](C)=[Zr+2].Fc1ccc(F)c(-c2c[cH-]c3ccccc23)c1.[Cl-].[Cl-]. The number of allylic oxidation sites excluding steroid dienone is 4. The van der Waals surface area contributed by atoms with Crippen LogP contribution in [0.25, 0.3) is 21.9 Å². The first-order chi connectivity index (χ1) is 14.1. The molecule has 0 radical (unpaired) electrons. The van der Waals surface area contributed by atoms with Crippen molar-refractivity contribution in [3.8, 4) is 11.1 Å². The van der Waals surface area contributed by atoms with Crippen LogP contribution < -0.4 is 24.8 Å². The first-order valence-electron chi connectivity index (χ1n) is 10.0. The Balaban J connectivity index is 0.000000547. The van der Waals surface area contributed by atoms with Crippen LogP contribution >= 0.6 is 0 Å². The summed E-state index contributed by atoms with van der Waals surface area (Å²) >= 11 is 1.74. The molecule has 0 saturated carbocycles. The maximum absolute atomic E-state index is 13.7. The molecule has 0 amide bonds. The van der Waals surface area contributed by atoms with Gasteiger partial charge in [-0.25, -0.2) is 14.4 Å². The Morgan fingerprint density at radius 2 is 1.56 bits per heavy atom. The second-order valence-electron chi connectivity index (χ2n) is 7.76. The molecule has 3 aromatic rings. The predicted octanol–water partition coefficient (Wildman–Crippen LogP) is 2.02. The molecule has 1 atom stereocenters. The fraction of sp³-hybridized carbons (Fsp3) is 0.269. The van der Waals surface area contributed by atoms with Gasteiger partial charge in [-0.15, -0.1) is 53.6 Å². The molecule has 1 unspecified atom stereocenters. The first-order valence-corrected chi connectivity index (χ1v) is 16.2. The van der Waals surface area contributed by atoms with Crippen molar-refractivity contribution in [2.45, 2.75) is 40.8 Å². The Bertz CT molecular complexity index is 1110. The first kappa shape index (κ1) is 31.1. The van der Waals surface area contributed by atoms with Gasteiger partial charge in [0, 0.05) is 0 Å². The summed E-state index contributed by atoms with van der Waals surface area (Å²) in [5.41, 5.74) is 5.50. The maximum atomic E-state index is 13.7. The molecule has 170 valence electrons. The van der Waals surface area contributed by atoms with Gasteiger partial charge in [-0.05, 0) is 23.8 Å². The van der Waals surface area contributed by atoms with Gasteiger partial charge in [-0.3, -0.25) is 6.08 Å². The van der Waals surface area contributed by atoms with E-state index in [0.717, 1.165) is 28.5 Å². The molecule has 4 rings (SSSR count). The average molecular weight is 569 g/mol. The summed E-state index contributed by atoms with van der Waals surface area (Å²) in [6, 6.07) is 14.9. The quantitative estimate of drug-likeness (QED) is 0.312. The van der Waals surface area contributed by atoms with Crippen LogP contribution in [0.5, 0.6) is 0 Å². The zero-order chi connectivity index (χ0) is 22.4. The summed E-state index contributed by atoms with van der Waals surface area (Å²) in [6.45, 7) is 13.3. The minimum atomic E-state index is -0.424. The number of benzene rings is 2. The van der Waals surface area contributed by atoms with Crippen LogP contribution in [-0.4, -0.2) is 5.43 Å². The average Bonchev–Trinajstić information content (AvgIpc) is 3.21. The molecular weight excluding hydrogens is 540 g/mol. The summed E-state index contributed by atoms with van der Waals surface area (Å²) in [7, 11) is 0. The monoisotopic (exact) mass is 566 g/mol. The van der Waals surface area contributed by atoms with E-state index in [0.29, 0.717) is 11.5 Å². The molecule has 0 nitrogen and oxygen atoms in total. The third kappa shape index (κ3) is 8.45. The third-order valence-corrected chi connectivity index (χ3v) is 5.14. The van der Waals surface area contributed by atoms with Crippen molar-refractivity contribution in [3.05, 3.63) is 89.0 Å². The fourth-order valence-electron chi connectivity index (χ4n) is 3.25. The van der Waals surface area contributed by atoms with Crippen molar-refractivity contribution in [3.63, 3.8) is 0 Å². The Morgan fingerprint density at radius 3 is 2.06 bits per heavy atom. The van der Waals surface area contributed by atoms with E-state index in [1.165, 1.54) is 22.8 Å². The molecule has 0 fully saturated rings. The van der Waals surface area contributed by atoms with E-state index in [2.05, 4.69) is 46.9 Å². The van der Waals surface area contributed by atoms with Gasteiger partial charge in [0.2, 0.25) is 0 Å². The maximum Gasteiger partial charge on any atom is 0.123 e. The fourth-order valence-corrected chi connectivity index (χ4v) is 3.25. The van der Waals surface area contributed by atoms with Crippen LogP contribution in [-0.2, 0) is 23.3 Å². The van der Waals surface area contributed by atoms with E-state index in [4.69, 9.17) is 0 Å². The molecule has 0 bridgehead atoms. The van der Waals surface area contributed by atoms with Gasteiger partial charge >= 0.3 is 41.9 Å². The van der Waals surface area contributed by atoms with Crippen LogP contribution in [0.2, 0.25) is 13.1 Å². The standard InChI is InChI=1S/C15H9F2.C9H13.C2H6Si.2ClH.Zr/c16-11-6-8-15(17)14(9-11)13-7-5-10-3-1-2-4-12(10)13;1-6-5-7(2)9(4)8(6)3;1-3-2;;;/h1-9H;6H,1-4H3;1-2H3;2*1H;/q2*-1;;;;+2/p-2. The van der Waals surface area contributed by atoms with Gasteiger partial charge < -0.3 is 24.8 Å². The van der Waals surface area contributed by atoms with E-state index >= 15 is 0 Å². The molecule has 3 aromatic carbocycles. The molecule has 0 saturated heterocycles. The van der Waals surface area contributed by atoms with Gasteiger partial charge in [0.05, 0.1) is 0 Å². The Hall–Kier alpha value is -0.930. The van der Waals surface area contributed by atoms with E-state index in [1.807, 2.05) is 36.4 Å². The van der Waals surface area contributed by atoms with E-state index in [1.54, 1.807) is 23.3 Å². The van der Waals surface area contributed by atoms with Crippen molar-refractivity contribution in [2.24, 2.45) is 5.92 Å². The van der Waals surface area contributed by atoms with Crippen molar-refractivity contribution in [1.29, 1.82) is 0 Å². The molecular formula is C26H28Cl2F2SiZr-2. The van der Waals surface area contributed by atoms with Crippen LogP contribution in [0, 0.1) is 23.6 Å². The molecule has 6 heteroatoms. The molecule has 0 aliphatic heterocycles. The summed E-state index contributed by atoms with van der Waals surface area (Å²) < 4.78 is 26.9. The van der Waals surface area contributed by atoms with Crippen molar-refractivity contribution in [1.82, 2.24) is 0 Å². The zero-order valence-electron chi connectivity index (χ0n) is 19.3. The van der Waals surface area contributed by atoms with Gasteiger partial charge in [0.25, 0.3) is 0 Å². The Morgan fingerprint density at radius 1 is 0.969 bits per heavy atom. The Labute approximate surface area is 218 Å². The largest absolute Gasteiger partial charge is 1.00 e. The summed E-state index contributed by atoms with van der Waals surface area (Å²) in [6.07, 6.45) is 3.36. The number of rotatable bonds is 1. The molecule has 32 heavy (non-hydrogen) atoms. The molecule has 0 aromatic heterocycles. The van der Waals surface area contributed by atoms with Crippen LogP contribution in [0.1, 0.15) is 27.7 Å². The topological polar surface area (TPSA) is 0 Å². The molecule has 0 spiro atoms. The molecule has 0 N–H and O–H groups in total. The Kier molecular flexibility index (Phi) is 13.9. The van der Waals surface area contributed by atoms with Crippen molar-refractivity contribution >= 4 is 16.2 Å². The van der Waals surface area contributed by atoms with Gasteiger partial charge in [0.1, 0.15) is 11.6 Å². The van der Waals surface area contributed by atoms with Gasteiger partial charge in [-0.1, -0.05) is 32.8 Å². The van der Waals surface area contributed by atoms with Gasteiger partial charge in [-0.2, -0.15) is 11.1 Å². The predicted molar refractivity (Wildman–Crippen MR) is 122 cm³/mol. The molecule has 1 aliphatic rings. The smallest absolute Gasteiger partial charge is 0.123 e.